The summed E-state index contributed by atoms with van der Waals surface area (Å²) in [6.45, 7) is 0. The Morgan fingerprint density at radius 3 is 1.22 bits per heavy atom. The van der Waals surface area contributed by atoms with Gasteiger partial charge in [-0.15, -0.1) is 0 Å². The van der Waals surface area contributed by atoms with E-state index in [1.54, 1.807) is 24.3 Å². The van der Waals surface area contributed by atoms with E-state index in [0.29, 0.717) is 11.1 Å². The monoisotopic (exact) mass is 395 g/mol. The Bertz CT molecular complexity index is 919. The number of nitrogens with one attached hydrogen (secondary N) is 1. The van der Waals surface area contributed by atoms with Gasteiger partial charge in [-0.1, -0.05) is 83.9 Å². The van der Waals surface area contributed by atoms with Gasteiger partial charge in [-0.3, -0.25) is 9.59 Å². The number of fused-ring (bicyclic) bond motifs is 1. The number of hydrogen-bond donors (Lipinski definition) is 1. The molecule has 3 aromatic rings. The van der Waals surface area contributed by atoms with Crippen molar-refractivity contribution < 1.29 is 9.59 Å². The van der Waals surface area contributed by atoms with Crippen molar-refractivity contribution in [2.24, 2.45) is 0 Å². The molecule has 5 heteroatoms. The minimum absolute atomic E-state index is 0.199. The van der Waals surface area contributed by atoms with Gasteiger partial charge in [0.1, 0.15) is 10.1 Å². The molecule has 0 unspecified atom stereocenters. The van der Waals surface area contributed by atoms with Crippen LogP contribution in [-0.2, 0) is 0 Å². The van der Waals surface area contributed by atoms with E-state index in [4.69, 9.17) is 23.2 Å². The highest BCUT2D eigenvalue weighted by atomic mass is 35.5. The molecule has 0 bridgehead atoms. The maximum atomic E-state index is 11.5. The quantitative estimate of drug-likeness (QED) is 0.562. The van der Waals surface area contributed by atoms with Crippen molar-refractivity contribution in [3.05, 3.63) is 106 Å². The number of hydrogen-bond acceptors (Lipinski definition) is 3. The number of benzene rings is 3. The molecule has 0 aromatic heterocycles. The average molecular weight is 396 g/mol. The second kappa shape index (κ2) is 8.67. The Balaban J connectivity index is 0.000000156. The molecule has 3 aromatic carbocycles. The van der Waals surface area contributed by atoms with Crippen LogP contribution in [0.25, 0.3) is 0 Å². The first-order chi connectivity index (χ1) is 13.1. The molecule has 0 radical (unpaired) electrons. The van der Waals surface area contributed by atoms with Gasteiger partial charge in [0.2, 0.25) is 11.6 Å². The zero-order valence-corrected chi connectivity index (χ0v) is 15.7. The van der Waals surface area contributed by atoms with Crippen molar-refractivity contribution in [1.82, 2.24) is 0 Å². The van der Waals surface area contributed by atoms with Gasteiger partial charge in [0.15, 0.2) is 0 Å². The topological polar surface area (TPSA) is 46.2 Å². The molecule has 1 N–H and O–H groups in total. The molecule has 0 aliphatic heterocycles. The van der Waals surface area contributed by atoms with E-state index in [-0.39, 0.29) is 10.1 Å². The molecule has 0 spiro atoms. The smallest absolute Gasteiger partial charge is 0.206 e. The first-order valence-corrected chi connectivity index (χ1v) is 8.94. The number of para-hydroxylation sites is 2. The van der Waals surface area contributed by atoms with Crippen molar-refractivity contribution in [2.45, 2.75) is 0 Å². The zero-order chi connectivity index (χ0) is 19.2. The fourth-order valence-corrected chi connectivity index (χ4v) is 2.90. The van der Waals surface area contributed by atoms with Crippen LogP contribution in [0.4, 0.5) is 11.4 Å². The first kappa shape index (κ1) is 18.9. The summed E-state index contributed by atoms with van der Waals surface area (Å²) >= 11 is 11.2. The SMILES string of the molecule is O=C1C(Cl)=C(Cl)C(=O)c2ccccc21.c1ccc(Nc2ccccc2)cc1. The van der Waals surface area contributed by atoms with Crippen LogP contribution in [0.15, 0.2) is 95.0 Å². The molecule has 1 aliphatic carbocycles. The summed E-state index contributed by atoms with van der Waals surface area (Å²) in [4.78, 5) is 23.1. The highest BCUT2D eigenvalue weighted by molar-refractivity contribution is 6.59. The van der Waals surface area contributed by atoms with E-state index in [0.717, 1.165) is 11.4 Å². The number of ketones is 2. The van der Waals surface area contributed by atoms with Gasteiger partial charge in [0, 0.05) is 22.5 Å². The zero-order valence-electron chi connectivity index (χ0n) is 14.2. The summed E-state index contributed by atoms with van der Waals surface area (Å²) in [5.41, 5.74) is 2.86. The third kappa shape index (κ3) is 4.45. The maximum Gasteiger partial charge on any atom is 0.206 e. The third-order valence-corrected chi connectivity index (χ3v) is 4.66. The minimum atomic E-state index is -0.396. The highest BCUT2D eigenvalue weighted by Crippen LogP contribution is 2.30. The molecule has 4 rings (SSSR count). The van der Waals surface area contributed by atoms with Crippen LogP contribution < -0.4 is 5.32 Å². The second-order valence-electron chi connectivity index (χ2n) is 5.69. The molecule has 0 atom stereocenters. The molecular weight excluding hydrogens is 381 g/mol. The van der Waals surface area contributed by atoms with Crippen molar-refractivity contribution in [3.8, 4) is 0 Å². The molecule has 134 valence electrons. The van der Waals surface area contributed by atoms with Crippen molar-refractivity contribution in [2.75, 3.05) is 5.32 Å². The van der Waals surface area contributed by atoms with Gasteiger partial charge in [0.05, 0.1) is 0 Å². The molecule has 27 heavy (non-hydrogen) atoms. The van der Waals surface area contributed by atoms with Crippen LogP contribution in [0.2, 0.25) is 0 Å². The number of halogens is 2. The van der Waals surface area contributed by atoms with E-state index in [2.05, 4.69) is 5.32 Å². The van der Waals surface area contributed by atoms with Gasteiger partial charge in [-0.2, -0.15) is 0 Å². The average Bonchev–Trinajstić information content (AvgIpc) is 2.73. The fraction of sp³-hybridized carbons (Fsp3) is 0. The van der Waals surface area contributed by atoms with Crippen LogP contribution in [0.5, 0.6) is 0 Å². The van der Waals surface area contributed by atoms with Gasteiger partial charge >= 0.3 is 0 Å². The Hall–Kier alpha value is -2.88. The van der Waals surface area contributed by atoms with Crippen LogP contribution in [0.3, 0.4) is 0 Å². The lowest BCUT2D eigenvalue weighted by atomic mass is 9.95. The second-order valence-corrected chi connectivity index (χ2v) is 6.44. The van der Waals surface area contributed by atoms with Crippen LogP contribution in [0.1, 0.15) is 20.7 Å². The standard InChI is InChI=1S/C12H11N.C10H4Cl2O2/c1-3-7-11(8-4-1)13-12-9-5-2-6-10-12;11-7-8(12)10(14)6-4-2-1-3-5(6)9(7)13/h1-10,13H;1-4H. The summed E-state index contributed by atoms with van der Waals surface area (Å²) in [5, 5.41) is 2.91. The molecule has 0 saturated heterocycles. The van der Waals surface area contributed by atoms with Crippen molar-refractivity contribution in [1.29, 1.82) is 0 Å². The lowest BCUT2D eigenvalue weighted by Crippen LogP contribution is -2.17. The predicted octanol–water partition coefficient (Wildman–Crippen LogP) is 6.19. The first-order valence-electron chi connectivity index (χ1n) is 8.18. The Morgan fingerprint density at radius 2 is 0.852 bits per heavy atom. The maximum absolute atomic E-state index is 11.5. The van der Waals surface area contributed by atoms with Gasteiger partial charge in [-0.05, 0) is 24.3 Å². The Labute approximate surface area is 167 Å². The summed E-state index contributed by atoms with van der Waals surface area (Å²) < 4.78 is 0. The van der Waals surface area contributed by atoms with E-state index in [1.165, 1.54) is 0 Å². The predicted molar refractivity (Wildman–Crippen MR) is 110 cm³/mol. The number of Topliss-reactive ketones (excluding diaryl/α,β-unsaturated/α-hetero) is 2. The minimum Gasteiger partial charge on any atom is -0.356 e. The van der Waals surface area contributed by atoms with Crippen LogP contribution in [0, 0.1) is 0 Å². The van der Waals surface area contributed by atoms with E-state index >= 15 is 0 Å². The number of carbonyl (C=O) groups is 2. The summed E-state index contributed by atoms with van der Waals surface area (Å²) in [5.74, 6) is -0.793. The Morgan fingerprint density at radius 1 is 0.519 bits per heavy atom. The third-order valence-electron chi connectivity index (χ3n) is 3.84. The fourth-order valence-electron chi connectivity index (χ4n) is 2.52. The molecule has 0 heterocycles. The van der Waals surface area contributed by atoms with Gasteiger partial charge in [0.25, 0.3) is 0 Å². The van der Waals surface area contributed by atoms with Crippen LogP contribution in [-0.4, -0.2) is 11.6 Å². The van der Waals surface area contributed by atoms with E-state index in [1.807, 2.05) is 60.7 Å². The molecule has 3 nitrogen and oxygen atoms in total. The van der Waals surface area contributed by atoms with Gasteiger partial charge < -0.3 is 5.32 Å². The molecule has 0 amide bonds. The summed E-state index contributed by atoms with van der Waals surface area (Å²) in [6.07, 6.45) is 0. The molecule has 1 aliphatic rings. The summed E-state index contributed by atoms with van der Waals surface area (Å²) in [7, 11) is 0. The highest BCUT2D eigenvalue weighted by Gasteiger charge is 2.29. The number of anilines is 2. The Kier molecular flexibility index (Phi) is 6.07. The van der Waals surface area contributed by atoms with Crippen molar-refractivity contribution >= 4 is 46.1 Å². The van der Waals surface area contributed by atoms with Crippen molar-refractivity contribution in [3.63, 3.8) is 0 Å². The lowest BCUT2D eigenvalue weighted by molar-refractivity contribution is 0.0987. The lowest BCUT2D eigenvalue weighted by Gasteiger charge is -2.12. The van der Waals surface area contributed by atoms with E-state index < -0.39 is 11.6 Å². The number of carbonyl (C=O) groups excluding carboxylic acids is 2. The summed E-state index contributed by atoms with van der Waals surface area (Å²) in [6, 6.07) is 26.8. The number of rotatable bonds is 2. The normalized spacial score (nSPS) is 12.8. The largest absolute Gasteiger partial charge is 0.356 e. The number of allylic oxidation sites excluding steroid dienone is 2. The van der Waals surface area contributed by atoms with E-state index in [9.17, 15) is 9.59 Å². The molecular formula is C22H15Cl2NO2. The van der Waals surface area contributed by atoms with Gasteiger partial charge in [-0.25, -0.2) is 0 Å². The molecule has 0 fully saturated rings. The van der Waals surface area contributed by atoms with Crippen LogP contribution >= 0.6 is 23.2 Å². The molecule has 0 saturated carbocycles.